The number of halogens is 1. The van der Waals surface area contributed by atoms with Crippen LogP contribution in [0.1, 0.15) is 32.3 Å². The molecule has 0 heterocycles. The average molecular weight is 602 g/mol. The molecule has 0 bridgehead atoms. The molecule has 0 fully saturated rings. The maximum absolute atomic E-state index is 14.0. The third-order valence-electron chi connectivity index (χ3n) is 6.54. The lowest BCUT2D eigenvalue weighted by molar-refractivity contribution is -0.139. The molecule has 1 N–H and O–H groups in total. The predicted octanol–water partition coefficient (Wildman–Crippen LogP) is 4.89. The summed E-state index contributed by atoms with van der Waals surface area (Å²) < 4.78 is 39.6. The fourth-order valence-corrected chi connectivity index (χ4v) is 5.68. The van der Waals surface area contributed by atoms with Gasteiger partial charge in [0, 0.05) is 18.1 Å². The number of nitrogens with one attached hydrogen (secondary N) is 1. The van der Waals surface area contributed by atoms with Gasteiger partial charge in [-0.05, 0) is 67.4 Å². The van der Waals surface area contributed by atoms with Gasteiger partial charge in [0.2, 0.25) is 11.8 Å². The van der Waals surface area contributed by atoms with Crippen molar-refractivity contribution >= 4 is 39.1 Å². The Hall–Kier alpha value is -3.76. The van der Waals surface area contributed by atoms with Crippen LogP contribution in [-0.2, 0) is 26.2 Å². The van der Waals surface area contributed by atoms with Crippen molar-refractivity contribution in [2.45, 2.75) is 44.2 Å². The molecule has 3 rings (SSSR count). The number of rotatable bonds is 14. The number of para-hydroxylation sites is 2. The van der Waals surface area contributed by atoms with Gasteiger partial charge in [0.15, 0.2) is 0 Å². The molecule has 0 aromatic heterocycles. The molecule has 0 aliphatic carbocycles. The van der Waals surface area contributed by atoms with E-state index in [1.54, 1.807) is 55.5 Å². The second-order valence-corrected chi connectivity index (χ2v) is 11.6. The minimum atomic E-state index is -4.25. The van der Waals surface area contributed by atoms with Gasteiger partial charge in [-0.25, -0.2) is 8.42 Å². The van der Waals surface area contributed by atoms with Gasteiger partial charge in [-0.3, -0.25) is 13.9 Å². The van der Waals surface area contributed by atoms with Crippen molar-refractivity contribution < 1.29 is 27.5 Å². The van der Waals surface area contributed by atoms with Gasteiger partial charge in [-0.2, -0.15) is 0 Å². The van der Waals surface area contributed by atoms with Crippen LogP contribution < -0.4 is 19.1 Å². The molecule has 9 nitrogen and oxygen atoms in total. The van der Waals surface area contributed by atoms with Crippen molar-refractivity contribution in [1.29, 1.82) is 0 Å². The van der Waals surface area contributed by atoms with Crippen LogP contribution in [0.25, 0.3) is 0 Å². The third-order valence-corrected chi connectivity index (χ3v) is 8.57. The van der Waals surface area contributed by atoms with Crippen molar-refractivity contribution in [3.8, 4) is 11.5 Å². The Morgan fingerprint density at radius 1 is 0.951 bits per heavy atom. The Bertz CT molecular complexity index is 1410. The monoisotopic (exact) mass is 601 g/mol. The topological polar surface area (TPSA) is 105 Å². The molecule has 41 heavy (non-hydrogen) atoms. The molecule has 11 heteroatoms. The molecule has 2 amide bonds. The molecule has 0 aliphatic rings. The zero-order valence-electron chi connectivity index (χ0n) is 23.7. The van der Waals surface area contributed by atoms with Gasteiger partial charge >= 0.3 is 0 Å². The average Bonchev–Trinajstić information content (AvgIpc) is 2.99. The highest BCUT2D eigenvalue weighted by atomic mass is 35.5. The van der Waals surface area contributed by atoms with Crippen LogP contribution in [0, 0.1) is 0 Å². The quantitative estimate of drug-likeness (QED) is 0.264. The number of sulfonamides is 1. The minimum Gasteiger partial charge on any atom is -0.497 e. The zero-order valence-corrected chi connectivity index (χ0v) is 25.2. The summed E-state index contributed by atoms with van der Waals surface area (Å²) in [6.45, 7) is 3.61. The van der Waals surface area contributed by atoms with Crippen LogP contribution in [0.2, 0.25) is 5.02 Å². The van der Waals surface area contributed by atoms with Gasteiger partial charge in [0.1, 0.15) is 24.1 Å². The number of benzene rings is 3. The van der Waals surface area contributed by atoms with Crippen molar-refractivity contribution in [2.75, 3.05) is 31.6 Å². The molecule has 0 saturated heterocycles. The molecule has 1 atom stereocenters. The summed E-state index contributed by atoms with van der Waals surface area (Å²) in [5, 5.41) is 3.40. The van der Waals surface area contributed by atoms with E-state index >= 15 is 0 Å². The summed E-state index contributed by atoms with van der Waals surface area (Å²) in [5.41, 5.74) is 0.920. The fraction of sp³-hybridized carbons (Fsp3) is 0.333. The highest BCUT2D eigenvalue weighted by Gasteiger charge is 2.33. The van der Waals surface area contributed by atoms with E-state index in [4.69, 9.17) is 21.1 Å². The number of ether oxygens (including phenoxy) is 2. The number of carbonyl (C=O) groups is 2. The number of nitrogens with zero attached hydrogens (tertiary/aromatic N) is 2. The third kappa shape index (κ3) is 8.14. The number of hydrogen-bond acceptors (Lipinski definition) is 6. The summed E-state index contributed by atoms with van der Waals surface area (Å²) >= 11 is 6.05. The van der Waals surface area contributed by atoms with Gasteiger partial charge in [-0.1, -0.05) is 49.2 Å². The predicted molar refractivity (Wildman–Crippen MR) is 160 cm³/mol. The SMILES string of the molecule is CCCCNC(=O)[C@@H](C)N(Cc1ccc(Cl)cc1)C(=O)CN(c1ccccc1OC)S(=O)(=O)c1ccc(OC)cc1. The van der Waals surface area contributed by atoms with Crippen LogP contribution in [0.15, 0.2) is 77.7 Å². The summed E-state index contributed by atoms with van der Waals surface area (Å²) in [4.78, 5) is 28.4. The van der Waals surface area contributed by atoms with E-state index in [0.717, 1.165) is 22.7 Å². The number of unbranched alkanes of at least 4 members (excludes halogenated alkanes) is 1. The lowest BCUT2D eigenvalue weighted by Gasteiger charge is -2.32. The van der Waals surface area contributed by atoms with Gasteiger partial charge < -0.3 is 19.7 Å². The second kappa shape index (κ2) is 14.7. The zero-order chi connectivity index (χ0) is 30.0. The van der Waals surface area contributed by atoms with E-state index in [1.807, 2.05) is 6.92 Å². The van der Waals surface area contributed by atoms with Crippen LogP contribution in [0.4, 0.5) is 5.69 Å². The molecular formula is C30H36ClN3O6S. The molecule has 220 valence electrons. The van der Waals surface area contributed by atoms with E-state index in [9.17, 15) is 18.0 Å². The van der Waals surface area contributed by atoms with Crippen molar-refractivity contribution in [3.63, 3.8) is 0 Å². The normalized spacial score (nSPS) is 11.8. The Morgan fingerprint density at radius 2 is 1.61 bits per heavy atom. The number of methoxy groups -OCH3 is 2. The Morgan fingerprint density at radius 3 is 2.22 bits per heavy atom. The summed E-state index contributed by atoms with van der Waals surface area (Å²) in [6.07, 6.45) is 1.70. The van der Waals surface area contributed by atoms with E-state index in [-0.39, 0.29) is 28.8 Å². The van der Waals surface area contributed by atoms with E-state index in [1.165, 1.54) is 43.4 Å². The first kappa shape index (κ1) is 31.8. The minimum absolute atomic E-state index is 0.0355. The van der Waals surface area contributed by atoms with E-state index in [0.29, 0.717) is 17.3 Å². The van der Waals surface area contributed by atoms with E-state index in [2.05, 4.69) is 5.32 Å². The summed E-state index contributed by atoms with van der Waals surface area (Å²) in [7, 11) is -1.34. The largest absolute Gasteiger partial charge is 0.497 e. The number of hydrogen-bond donors (Lipinski definition) is 1. The van der Waals surface area contributed by atoms with Crippen LogP contribution in [-0.4, -0.2) is 58.5 Å². The number of amides is 2. The van der Waals surface area contributed by atoms with Crippen molar-refractivity contribution in [2.24, 2.45) is 0 Å². The molecule has 0 aliphatic heterocycles. The molecule has 0 radical (unpaired) electrons. The first-order valence-electron chi connectivity index (χ1n) is 13.2. The summed E-state index contributed by atoms with van der Waals surface area (Å²) in [5.74, 6) is -0.142. The van der Waals surface area contributed by atoms with Gasteiger partial charge in [-0.15, -0.1) is 0 Å². The second-order valence-electron chi connectivity index (χ2n) is 9.33. The highest BCUT2D eigenvalue weighted by molar-refractivity contribution is 7.92. The molecule has 0 saturated carbocycles. The van der Waals surface area contributed by atoms with Crippen LogP contribution in [0.3, 0.4) is 0 Å². The van der Waals surface area contributed by atoms with Crippen molar-refractivity contribution in [1.82, 2.24) is 10.2 Å². The Labute approximate surface area is 247 Å². The highest BCUT2D eigenvalue weighted by Crippen LogP contribution is 2.33. The number of carbonyl (C=O) groups excluding carboxylic acids is 2. The first-order chi connectivity index (χ1) is 19.6. The molecule has 0 spiro atoms. The molecular weight excluding hydrogens is 566 g/mol. The maximum atomic E-state index is 14.0. The maximum Gasteiger partial charge on any atom is 0.264 e. The van der Waals surface area contributed by atoms with E-state index < -0.39 is 28.5 Å². The Balaban J connectivity index is 2.03. The molecule has 3 aromatic carbocycles. The number of anilines is 1. The van der Waals surface area contributed by atoms with Gasteiger partial charge in [0.05, 0.1) is 24.8 Å². The molecule has 3 aromatic rings. The van der Waals surface area contributed by atoms with Crippen molar-refractivity contribution in [3.05, 3.63) is 83.4 Å². The van der Waals surface area contributed by atoms with Crippen LogP contribution >= 0.6 is 11.6 Å². The van der Waals surface area contributed by atoms with Crippen LogP contribution in [0.5, 0.6) is 11.5 Å². The fourth-order valence-electron chi connectivity index (χ4n) is 4.13. The van der Waals surface area contributed by atoms with Gasteiger partial charge in [0.25, 0.3) is 10.0 Å². The smallest absolute Gasteiger partial charge is 0.264 e. The Kier molecular flexibility index (Phi) is 11.4. The first-order valence-corrected chi connectivity index (χ1v) is 15.1. The molecule has 0 unspecified atom stereocenters. The lowest BCUT2D eigenvalue weighted by Crippen LogP contribution is -2.51. The standard InChI is InChI=1S/C30H36ClN3O6S/c1-5-6-19-32-30(36)22(2)33(20-23-11-13-24(31)14-12-23)29(35)21-34(27-9-7-8-10-28(27)40-4)41(37,38)26-17-15-25(39-3)16-18-26/h7-18,22H,5-6,19-21H2,1-4H3,(H,32,36)/t22-/m1/s1. The summed E-state index contributed by atoms with van der Waals surface area (Å²) in [6, 6.07) is 18.5. The lowest BCUT2D eigenvalue weighted by atomic mass is 10.1.